The molecule has 0 saturated heterocycles. The maximum absolute atomic E-state index is 12.1. The molecule has 102 valence electrons. The number of nitrogens with two attached hydrogens (primary N) is 1. The van der Waals surface area contributed by atoms with E-state index in [2.05, 4.69) is 5.32 Å². The molecule has 1 aliphatic rings. The summed E-state index contributed by atoms with van der Waals surface area (Å²) in [7, 11) is 0. The second-order valence-corrected chi connectivity index (χ2v) is 5.14. The van der Waals surface area contributed by atoms with Crippen molar-refractivity contribution in [2.75, 3.05) is 23.3 Å². The first kappa shape index (κ1) is 13.4. The number of rotatable bonds is 3. The summed E-state index contributed by atoms with van der Waals surface area (Å²) in [4.78, 5) is 24.7. The molecule has 0 spiro atoms. The van der Waals surface area contributed by atoms with Crippen LogP contribution >= 0.6 is 0 Å². The van der Waals surface area contributed by atoms with Crippen LogP contribution in [0.15, 0.2) is 18.2 Å². The van der Waals surface area contributed by atoms with Crippen LogP contribution in [0.25, 0.3) is 0 Å². The highest BCUT2D eigenvalue weighted by atomic mass is 16.4. The van der Waals surface area contributed by atoms with Gasteiger partial charge in [0.1, 0.15) is 0 Å². The minimum atomic E-state index is -0.994. The normalized spacial score (nSPS) is 14.9. The van der Waals surface area contributed by atoms with E-state index in [-0.39, 0.29) is 18.0 Å². The molecule has 6 heteroatoms. The Bertz CT molecular complexity index is 540. The molecule has 0 fully saturated rings. The third-order valence-electron chi connectivity index (χ3n) is 3.27. The average Bonchev–Trinajstić information content (AvgIpc) is 2.37. The van der Waals surface area contributed by atoms with Crippen LogP contribution in [0, 0.1) is 0 Å². The SMILES string of the molecule is CC(C)(CN)N1C(=O)CNc2cc(C(=O)O)ccc21. The fraction of sp³-hybridized carbons (Fsp3) is 0.385. The van der Waals surface area contributed by atoms with E-state index < -0.39 is 11.5 Å². The van der Waals surface area contributed by atoms with Crippen LogP contribution in [0.1, 0.15) is 24.2 Å². The predicted molar refractivity (Wildman–Crippen MR) is 72.5 cm³/mol. The number of nitrogens with one attached hydrogen (secondary N) is 1. The first-order valence-corrected chi connectivity index (χ1v) is 6.01. The molecular formula is C13H17N3O3. The minimum absolute atomic E-state index is 0.0778. The summed E-state index contributed by atoms with van der Waals surface area (Å²) >= 11 is 0. The number of aromatic carboxylic acids is 1. The maximum atomic E-state index is 12.1. The van der Waals surface area contributed by atoms with Crippen molar-refractivity contribution >= 4 is 23.3 Å². The Kier molecular flexibility index (Phi) is 3.20. The van der Waals surface area contributed by atoms with Crippen molar-refractivity contribution < 1.29 is 14.7 Å². The number of fused-ring (bicyclic) bond motifs is 1. The third kappa shape index (κ3) is 2.26. The fourth-order valence-corrected chi connectivity index (χ4v) is 2.14. The lowest BCUT2D eigenvalue weighted by Gasteiger charge is -2.41. The summed E-state index contributed by atoms with van der Waals surface area (Å²) in [5.41, 5.74) is 6.70. The zero-order valence-electron chi connectivity index (χ0n) is 10.9. The second kappa shape index (κ2) is 4.55. The van der Waals surface area contributed by atoms with Gasteiger partial charge in [0, 0.05) is 6.54 Å². The first-order chi connectivity index (χ1) is 8.86. The van der Waals surface area contributed by atoms with Gasteiger partial charge in [0.05, 0.1) is 29.0 Å². The lowest BCUT2D eigenvalue weighted by atomic mass is 9.99. The van der Waals surface area contributed by atoms with Gasteiger partial charge in [-0.3, -0.25) is 4.79 Å². The molecule has 0 aromatic heterocycles. The van der Waals surface area contributed by atoms with Gasteiger partial charge in [-0.15, -0.1) is 0 Å². The Morgan fingerprint density at radius 2 is 2.21 bits per heavy atom. The van der Waals surface area contributed by atoms with E-state index in [1.54, 1.807) is 11.0 Å². The molecule has 19 heavy (non-hydrogen) atoms. The van der Waals surface area contributed by atoms with Gasteiger partial charge in [-0.2, -0.15) is 0 Å². The van der Waals surface area contributed by atoms with E-state index in [1.807, 2.05) is 13.8 Å². The lowest BCUT2D eigenvalue weighted by molar-refractivity contribution is -0.118. The van der Waals surface area contributed by atoms with Crippen LogP contribution in [0.5, 0.6) is 0 Å². The number of amides is 1. The van der Waals surface area contributed by atoms with Crippen LogP contribution in [0.4, 0.5) is 11.4 Å². The molecular weight excluding hydrogens is 246 g/mol. The Morgan fingerprint density at radius 3 is 2.79 bits per heavy atom. The Balaban J connectivity index is 2.51. The summed E-state index contributed by atoms with van der Waals surface area (Å²) in [5.74, 6) is -1.07. The largest absolute Gasteiger partial charge is 0.478 e. The predicted octanol–water partition coefficient (Wildman–Crippen LogP) is 0.881. The number of carboxylic acid groups (broad SMARTS) is 1. The summed E-state index contributed by atoms with van der Waals surface area (Å²) < 4.78 is 0. The molecule has 1 aromatic carbocycles. The smallest absolute Gasteiger partial charge is 0.335 e. The molecule has 6 nitrogen and oxygen atoms in total. The van der Waals surface area contributed by atoms with Gasteiger partial charge in [0.2, 0.25) is 5.91 Å². The maximum Gasteiger partial charge on any atom is 0.335 e. The fourth-order valence-electron chi connectivity index (χ4n) is 2.14. The Morgan fingerprint density at radius 1 is 1.53 bits per heavy atom. The van der Waals surface area contributed by atoms with Crippen LogP contribution in [0.3, 0.4) is 0 Å². The summed E-state index contributed by atoms with van der Waals surface area (Å²) in [5, 5.41) is 11.9. The molecule has 0 bridgehead atoms. The number of nitrogens with zero attached hydrogens (tertiary/aromatic N) is 1. The summed E-state index contributed by atoms with van der Waals surface area (Å²) in [6.45, 7) is 4.22. The van der Waals surface area contributed by atoms with Gasteiger partial charge < -0.3 is 21.1 Å². The molecule has 0 aliphatic carbocycles. The van der Waals surface area contributed by atoms with E-state index in [1.165, 1.54) is 12.1 Å². The van der Waals surface area contributed by atoms with Gasteiger partial charge in [-0.25, -0.2) is 4.79 Å². The first-order valence-electron chi connectivity index (χ1n) is 6.01. The van der Waals surface area contributed by atoms with E-state index in [0.717, 1.165) is 0 Å². The van der Waals surface area contributed by atoms with Crippen LogP contribution < -0.4 is 16.0 Å². The molecule has 0 unspecified atom stereocenters. The van der Waals surface area contributed by atoms with Gasteiger partial charge in [0.25, 0.3) is 0 Å². The quantitative estimate of drug-likeness (QED) is 0.752. The average molecular weight is 263 g/mol. The summed E-state index contributed by atoms with van der Waals surface area (Å²) in [6.07, 6.45) is 0. The zero-order chi connectivity index (χ0) is 14.2. The highest BCUT2D eigenvalue weighted by molar-refractivity contribution is 6.05. The summed E-state index contributed by atoms with van der Waals surface area (Å²) in [6, 6.07) is 4.66. The number of carboxylic acids is 1. The highest BCUT2D eigenvalue weighted by Crippen LogP contribution is 2.34. The van der Waals surface area contributed by atoms with Crippen molar-refractivity contribution in [1.29, 1.82) is 0 Å². The standard InChI is InChI=1S/C13H17N3O3/c1-13(2,7-14)16-10-4-3-8(12(18)19)5-9(10)15-6-11(16)17/h3-5,15H,6-7,14H2,1-2H3,(H,18,19). The molecule has 1 aliphatic heterocycles. The van der Waals surface area contributed by atoms with E-state index in [0.29, 0.717) is 17.9 Å². The molecule has 1 amide bonds. The number of carbonyl (C=O) groups is 2. The second-order valence-electron chi connectivity index (χ2n) is 5.14. The van der Waals surface area contributed by atoms with Crippen molar-refractivity contribution in [3.05, 3.63) is 23.8 Å². The van der Waals surface area contributed by atoms with E-state index in [9.17, 15) is 9.59 Å². The minimum Gasteiger partial charge on any atom is -0.478 e. The molecule has 1 aromatic rings. The number of carbonyl (C=O) groups excluding carboxylic acids is 1. The number of hydrogen-bond acceptors (Lipinski definition) is 4. The van der Waals surface area contributed by atoms with Crippen LogP contribution in [-0.2, 0) is 4.79 Å². The third-order valence-corrected chi connectivity index (χ3v) is 3.27. The molecule has 0 radical (unpaired) electrons. The van der Waals surface area contributed by atoms with Gasteiger partial charge in [-0.1, -0.05) is 0 Å². The van der Waals surface area contributed by atoms with Gasteiger partial charge in [-0.05, 0) is 32.0 Å². The van der Waals surface area contributed by atoms with E-state index in [4.69, 9.17) is 10.8 Å². The Labute approximate surface area is 111 Å². The highest BCUT2D eigenvalue weighted by Gasteiger charge is 2.35. The van der Waals surface area contributed by atoms with Gasteiger partial charge in [0.15, 0.2) is 0 Å². The van der Waals surface area contributed by atoms with Crippen molar-refractivity contribution in [1.82, 2.24) is 0 Å². The molecule has 0 saturated carbocycles. The molecule has 0 atom stereocenters. The molecule has 2 rings (SSSR count). The Hall–Kier alpha value is -2.08. The van der Waals surface area contributed by atoms with E-state index >= 15 is 0 Å². The van der Waals surface area contributed by atoms with Crippen LogP contribution in [0.2, 0.25) is 0 Å². The van der Waals surface area contributed by atoms with Crippen molar-refractivity contribution in [2.24, 2.45) is 5.73 Å². The zero-order valence-corrected chi connectivity index (χ0v) is 10.9. The number of anilines is 2. The van der Waals surface area contributed by atoms with Crippen molar-refractivity contribution in [3.63, 3.8) is 0 Å². The lowest BCUT2D eigenvalue weighted by Crippen LogP contribution is -2.56. The van der Waals surface area contributed by atoms with Crippen molar-refractivity contribution in [2.45, 2.75) is 19.4 Å². The van der Waals surface area contributed by atoms with Gasteiger partial charge >= 0.3 is 5.97 Å². The molecule has 4 N–H and O–H groups in total. The number of benzene rings is 1. The topological polar surface area (TPSA) is 95.7 Å². The monoisotopic (exact) mass is 263 g/mol. The van der Waals surface area contributed by atoms with Crippen LogP contribution in [-0.4, -0.2) is 35.6 Å². The molecule has 1 heterocycles. The number of hydrogen-bond donors (Lipinski definition) is 3. The van der Waals surface area contributed by atoms with Crippen molar-refractivity contribution in [3.8, 4) is 0 Å².